The predicted molar refractivity (Wildman–Crippen MR) is 43.9 cm³/mol. The summed E-state index contributed by atoms with van der Waals surface area (Å²) < 4.78 is 0.208. The fourth-order valence-electron chi connectivity index (χ4n) is 0.342. The normalized spacial score (nSPS) is 13.9. The van der Waals surface area contributed by atoms with Crippen molar-refractivity contribution in [3.8, 4) is 0 Å². The summed E-state index contributed by atoms with van der Waals surface area (Å²) >= 11 is 2.16. The molecule has 0 aliphatic heterocycles. The van der Waals surface area contributed by atoms with E-state index in [-0.39, 0.29) is 4.05 Å². The number of rotatable bonds is 4. The molecule has 0 fully saturated rings. The highest BCUT2D eigenvalue weighted by molar-refractivity contribution is 14.1. The Hall–Kier alpha value is 0.610. The molecule has 0 saturated heterocycles. The highest BCUT2D eigenvalue weighted by atomic mass is 127. The van der Waals surface area contributed by atoms with Crippen molar-refractivity contribution in [1.82, 2.24) is 5.32 Å². The average Bonchev–Trinajstić information content (AvgIpc) is 1.66. The summed E-state index contributed by atoms with van der Waals surface area (Å²) in [6.45, 7) is 2.39. The Labute approximate surface area is 63.3 Å². The van der Waals surface area contributed by atoms with Crippen LogP contribution in [0.2, 0.25) is 0 Å². The lowest BCUT2D eigenvalue weighted by atomic mass is 10.6. The lowest BCUT2D eigenvalue weighted by molar-refractivity contribution is 0.686. The van der Waals surface area contributed by atoms with Crippen molar-refractivity contribution < 1.29 is 0 Å². The molecule has 0 aliphatic rings. The minimum Gasteiger partial charge on any atom is -0.329 e. The highest BCUT2D eigenvalue weighted by Gasteiger charge is 1.90. The van der Waals surface area contributed by atoms with Crippen LogP contribution in [0.5, 0.6) is 0 Å². The Morgan fingerprint density at radius 2 is 2.25 bits per heavy atom. The molecule has 0 bridgehead atoms. The number of hydrogen-bond donors (Lipinski definition) is 3. The Morgan fingerprint density at radius 3 is 2.62 bits per heavy atom. The van der Waals surface area contributed by atoms with Gasteiger partial charge in [-0.2, -0.15) is 0 Å². The molecule has 0 aromatic heterocycles. The SMILES string of the molecule is NCCNCC(N)I. The van der Waals surface area contributed by atoms with Crippen LogP contribution >= 0.6 is 22.6 Å². The molecule has 0 rings (SSSR count). The summed E-state index contributed by atoms with van der Waals surface area (Å²) in [5.74, 6) is 0. The summed E-state index contributed by atoms with van der Waals surface area (Å²) in [7, 11) is 0. The van der Waals surface area contributed by atoms with E-state index in [4.69, 9.17) is 11.5 Å². The van der Waals surface area contributed by atoms with E-state index in [0.29, 0.717) is 6.54 Å². The Bertz CT molecular complexity index is 48.5. The number of halogens is 1. The molecular weight excluding hydrogens is 217 g/mol. The van der Waals surface area contributed by atoms with Crippen LogP contribution in [0.25, 0.3) is 0 Å². The van der Waals surface area contributed by atoms with Crippen molar-refractivity contribution in [1.29, 1.82) is 0 Å². The molecule has 4 heteroatoms. The van der Waals surface area contributed by atoms with E-state index < -0.39 is 0 Å². The molecule has 0 aromatic rings. The molecule has 0 aromatic carbocycles. The van der Waals surface area contributed by atoms with E-state index in [9.17, 15) is 0 Å². The number of hydrogen-bond acceptors (Lipinski definition) is 3. The van der Waals surface area contributed by atoms with Gasteiger partial charge in [-0.3, -0.25) is 0 Å². The second-order valence-electron chi connectivity index (χ2n) is 1.51. The third-order valence-electron chi connectivity index (χ3n) is 0.660. The number of nitrogens with two attached hydrogens (primary N) is 2. The van der Waals surface area contributed by atoms with Gasteiger partial charge >= 0.3 is 0 Å². The molecule has 8 heavy (non-hydrogen) atoms. The molecule has 0 aliphatic carbocycles. The van der Waals surface area contributed by atoms with Crippen molar-refractivity contribution in [3.63, 3.8) is 0 Å². The Morgan fingerprint density at radius 1 is 1.62 bits per heavy atom. The van der Waals surface area contributed by atoms with Gasteiger partial charge in [0.15, 0.2) is 0 Å². The van der Waals surface area contributed by atoms with Crippen LogP contribution in [0.4, 0.5) is 0 Å². The van der Waals surface area contributed by atoms with Gasteiger partial charge in [-0.05, 0) is 0 Å². The maximum Gasteiger partial charge on any atom is 0.0695 e. The summed E-state index contributed by atoms with van der Waals surface area (Å²) in [5, 5.41) is 3.08. The van der Waals surface area contributed by atoms with E-state index in [1.54, 1.807) is 0 Å². The van der Waals surface area contributed by atoms with Gasteiger partial charge in [-0.1, -0.05) is 22.6 Å². The predicted octanol–water partition coefficient (Wildman–Crippen LogP) is -0.746. The maximum atomic E-state index is 5.42. The molecule has 0 radical (unpaired) electrons. The fourth-order valence-corrected chi connectivity index (χ4v) is 0.653. The quantitative estimate of drug-likeness (QED) is 0.257. The third-order valence-corrected chi connectivity index (χ3v) is 1.10. The van der Waals surface area contributed by atoms with Crippen LogP contribution in [0.1, 0.15) is 0 Å². The van der Waals surface area contributed by atoms with Crippen LogP contribution in [0.3, 0.4) is 0 Å². The van der Waals surface area contributed by atoms with E-state index >= 15 is 0 Å². The molecule has 0 spiro atoms. The highest BCUT2D eigenvalue weighted by Crippen LogP contribution is 1.85. The van der Waals surface area contributed by atoms with Gasteiger partial charge in [0.05, 0.1) is 4.05 Å². The van der Waals surface area contributed by atoms with Gasteiger partial charge in [0.1, 0.15) is 0 Å². The van der Waals surface area contributed by atoms with Crippen LogP contribution in [0, 0.1) is 0 Å². The lowest BCUT2D eigenvalue weighted by Gasteiger charge is -2.02. The van der Waals surface area contributed by atoms with Gasteiger partial charge in [0.25, 0.3) is 0 Å². The van der Waals surface area contributed by atoms with Crippen molar-refractivity contribution in [2.75, 3.05) is 19.6 Å². The minimum absolute atomic E-state index is 0.208. The summed E-state index contributed by atoms with van der Waals surface area (Å²) in [5.41, 5.74) is 10.6. The zero-order chi connectivity index (χ0) is 6.41. The summed E-state index contributed by atoms with van der Waals surface area (Å²) in [6.07, 6.45) is 0. The Kier molecular flexibility index (Phi) is 6.18. The Balaban J connectivity index is 2.72. The zero-order valence-corrected chi connectivity index (χ0v) is 6.89. The van der Waals surface area contributed by atoms with Gasteiger partial charge in [-0.25, -0.2) is 0 Å². The second-order valence-corrected chi connectivity index (χ2v) is 3.11. The van der Waals surface area contributed by atoms with Crippen molar-refractivity contribution in [2.24, 2.45) is 11.5 Å². The largest absolute Gasteiger partial charge is 0.329 e. The third kappa shape index (κ3) is 6.61. The van der Waals surface area contributed by atoms with Crippen LogP contribution in [-0.4, -0.2) is 23.7 Å². The van der Waals surface area contributed by atoms with Gasteiger partial charge < -0.3 is 16.8 Å². The topological polar surface area (TPSA) is 64.1 Å². The van der Waals surface area contributed by atoms with Crippen molar-refractivity contribution in [2.45, 2.75) is 4.05 Å². The zero-order valence-electron chi connectivity index (χ0n) is 4.73. The van der Waals surface area contributed by atoms with Gasteiger partial charge in [-0.15, -0.1) is 0 Å². The molecule has 0 heterocycles. The molecule has 1 atom stereocenters. The smallest absolute Gasteiger partial charge is 0.0695 e. The van der Waals surface area contributed by atoms with Crippen LogP contribution < -0.4 is 16.8 Å². The van der Waals surface area contributed by atoms with Crippen molar-refractivity contribution >= 4 is 22.6 Å². The molecule has 0 saturated carbocycles. The number of nitrogens with one attached hydrogen (secondary N) is 1. The lowest BCUT2D eigenvalue weighted by Crippen LogP contribution is -2.32. The summed E-state index contributed by atoms with van der Waals surface area (Å²) in [4.78, 5) is 0. The monoisotopic (exact) mass is 229 g/mol. The fraction of sp³-hybridized carbons (Fsp3) is 1.00. The van der Waals surface area contributed by atoms with Crippen LogP contribution in [-0.2, 0) is 0 Å². The van der Waals surface area contributed by atoms with E-state index in [0.717, 1.165) is 13.1 Å². The van der Waals surface area contributed by atoms with Crippen molar-refractivity contribution in [3.05, 3.63) is 0 Å². The van der Waals surface area contributed by atoms with Gasteiger partial charge in [0.2, 0.25) is 0 Å². The average molecular weight is 229 g/mol. The van der Waals surface area contributed by atoms with E-state index in [1.165, 1.54) is 0 Å². The first kappa shape index (κ1) is 8.61. The minimum atomic E-state index is 0.208. The molecule has 5 N–H and O–H groups in total. The van der Waals surface area contributed by atoms with E-state index in [2.05, 4.69) is 27.9 Å². The maximum absolute atomic E-state index is 5.42. The summed E-state index contributed by atoms with van der Waals surface area (Å²) in [6, 6.07) is 0. The first-order chi connectivity index (χ1) is 3.77. The number of alkyl halides is 1. The first-order valence-corrected chi connectivity index (χ1v) is 3.82. The first-order valence-electron chi connectivity index (χ1n) is 2.58. The van der Waals surface area contributed by atoms with Crippen LogP contribution in [0.15, 0.2) is 0 Å². The molecule has 3 nitrogen and oxygen atoms in total. The molecule has 50 valence electrons. The standard InChI is InChI=1S/C4H12IN3/c5-4(7)3-8-2-1-6/h4,8H,1-3,6-7H2. The molecular formula is C4H12IN3. The van der Waals surface area contributed by atoms with Gasteiger partial charge in [0, 0.05) is 19.6 Å². The second kappa shape index (κ2) is 5.74. The molecule has 1 unspecified atom stereocenters. The molecule has 0 amide bonds. The van der Waals surface area contributed by atoms with E-state index in [1.807, 2.05) is 0 Å².